The summed E-state index contributed by atoms with van der Waals surface area (Å²) in [5.74, 6) is 0.294. The molecule has 2 amide bonds. The van der Waals surface area contributed by atoms with Crippen molar-refractivity contribution in [2.24, 2.45) is 5.92 Å². The van der Waals surface area contributed by atoms with E-state index in [4.69, 9.17) is 0 Å². The molecule has 2 unspecified atom stereocenters. The first-order valence-electron chi connectivity index (χ1n) is 7.41. The van der Waals surface area contributed by atoms with Crippen molar-refractivity contribution in [1.82, 2.24) is 15.1 Å². The standard InChI is InChI=1S/C14H25N3O2/c1-3-11(2)16-6-8-17(9-7-16)14(19)12-4-5-13(18)15-10-12/h11-12H,3-10H2,1-2H3,(H,15,18). The number of carbonyl (C=O) groups excluding carboxylic acids is 2. The van der Waals surface area contributed by atoms with E-state index >= 15 is 0 Å². The van der Waals surface area contributed by atoms with Gasteiger partial charge in [0.2, 0.25) is 11.8 Å². The van der Waals surface area contributed by atoms with Crippen molar-refractivity contribution in [1.29, 1.82) is 0 Å². The SMILES string of the molecule is CCC(C)N1CCN(C(=O)C2CCC(=O)NC2)CC1. The fraction of sp³-hybridized carbons (Fsp3) is 0.857. The highest BCUT2D eigenvalue weighted by atomic mass is 16.2. The van der Waals surface area contributed by atoms with Crippen LogP contribution in [0, 0.1) is 5.92 Å². The molecule has 0 spiro atoms. The first kappa shape index (κ1) is 14.3. The smallest absolute Gasteiger partial charge is 0.227 e. The maximum Gasteiger partial charge on any atom is 0.227 e. The van der Waals surface area contributed by atoms with Crippen molar-refractivity contribution in [2.75, 3.05) is 32.7 Å². The van der Waals surface area contributed by atoms with Crippen molar-refractivity contribution in [3.05, 3.63) is 0 Å². The van der Waals surface area contributed by atoms with Gasteiger partial charge in [-0.15, -0.1) is 0 Å². The third-order valence-electron chi connectivity index (χ3n) is 4.45. The number of nitrogens with zero attached hydrogens (tertiary/aromatic N) is 2. The lowest BCUT2D eigenvalue weighted by atomic mass is 9.97. The van der Waals surface area contributed by atoms with Gasteiger partial charge in [-0.3, -0.25) is 14.5 Å². The molecule has 5 nitrogen and oxygen atoms in total. The van der Waals surface area contributed by atoms with Crippen LogP contribution in [0.5, 0.6) is 0 Å². The molecule has 0 radical (unpaired) electrons. The van der Waals surface area contributed by atoms with Crippen molar-refractivity contribution in [3.8, 4) is 0 Å². The zero-order valence-corrected chi connectivity index (χ0v) is 12.0. The van der Waals surface area contributed by atoms with E-state index in [1.165, 1.54) is 0 Å². The Morgan fingerprint density at radius 3 is 2.58 bits per heavy atom. The van der Waals surface area contributed by atoms with Crippen LogP contribution in [0.4, 0.5) is 0 Å². The maximum absolute atomic E-state index is 12.4. The number of hydrogen-bond acceptors (Lipinski definition) is 3. The molecule has 2 aliphatic rings. The summed E-state index contributed by atoms with van der Waals surface area (Å²) in [6, 6.07) is 0.603. The minimum Gasteiger partial charge on any atom is -0.355 e. The van der Waals surface area contributed by atoms with Gasteiger partial charge < -0.3 is 10.2 Å². The molecule has 0 aromatic heterocycles. The van der Waals surface area contributed by atoms with Gasteiger partial charge >= 0.3 is 0 Å². The molecule has 19 heavy (non-hydrogen) atoms. The van der Waals surface area contributed by atoms with E-state index in [1.807, 2.05) is 4.90 Å². The van der Waals surface area contributed by atoms with Gasteiger partial charge in [-0.25, -0.2) is 0 Å². The Bertz CT molecular complexity index is 328. The molecule has 0 bridgehead atoms. The fourth-order valence-corrected chi connectivity index (χ4v) is 2.84. The van der Waals surface area contributed by atoms with Gasteiger partial charge in [0.05, 0.1) is 5.92 Å². The van der Waals surface area contributed by atoms with Gasteiger partial charge in [-0.2, -0.15) is 0 Å². The molecule has 2 atom stereocenters. The summed E-state index contributed by atoms with van der Waals surface area (Å²) in [6.07, 6.45) is 2.35. The lowest BCUT2D eigenvalue weighted by Gasteiger charge is -2.39. The molecule has 2 fully saturated rings. The van der Waals surface area contributed by atoms with E-state index < -0.39 is 0 Å². The van der Waals surface area contributed by atoms with Gasteiger partial charge in [0.25, 0.3) is 0 Å². The number of hydrogen-bond donors (Lipinski definition) is 1. The van der Waals surface area contributed by atoms with Crippen LogP contribution in [0.3, 0.4) is 0 Å². The predicted octanol–water partition coefficient (Wildman–Crippen LogP) is 0.455. The maximum atomic E-state index is 12.4. The number of piperidine rings is 1. The van der Waals surface area contributed by atoms with E-state index in [0.717, 1.165) is 32.6 Å². The van der Waals surface area contributed by atoms with Crippen LogP contribution < -0.4 is 5.32 Å². The molecule has 0 aromatic carbocycles. The summed E-state index contributed by atoms with van der Waals surface area (Å²) in [5, 5.41) is 2.79. The minimum atomic E-state index is -0.00662. The van der Waals surface area contributed by atoms with Crippen molar-refractivity contribution in [2.45, 2.75) is 39.2 Å². The van der Waals surface area contributed by atoms with Crippen molar-refractivity contribution < 1.29 is 9.59 Å². The van der Waals surface area contributed by atoms with Gasteiger partial charge in [-0.05, 0) is 19.8 Å². The third kappa shape index (κ3) is 3.47. The largest absolute Gasteiger partial charge is 0.355 e. The number of carbonyl (C=O) groups is 2. The number of piperazine rings is 1. The van der Waals surface area contributed by atoms with Crippen LogP contribution in [0.25, 0.3) is 0 Å². The van der Waals surface area contributed by atoms with E-state index in [0.29, 0.717) is 25.4 Å². The molecule has 0 aromatic rings. The van der Waals surface area contributed by atoms with Gasteiger partial charge in [0.15, 0.2) is 0 Å². The monoisotopic (exact) mass is 267 g/mol. The Hall–Kier alpha value is -1.10. The van der Waals surface area contributed by atoms with Crippen molar-refractivity contribution in [3.63, 3.8) is 0 Å². The van der Waals surface area contributed by atoms with Crippen LogP contribution >= 0.6 is 0 Å². The molecular formula is C14H25N3O2. The first-order valence-corrected chi connectivity index (χ1v) is 7.41. The quantitative estimate of drug-likeness (QED) is 0.808. The van der Waals surface area contributed by atoms with Crippen LogP contribution in [-0.2, 0) is 9.59 Å². The van der Waals surface area contributed by atoms with E-state index in [1.54, 1.807) is 0 Å². The minimum absolute atomic E-state index is 0.00662. The van der Waals surface area contributed by atoms with E-state index in [-0.39, 0.29) is 17.7 Å². The Kier molecular flexibility index (Phi) is 4.80. The molecule has 5 heteroatoms. The van der Waals surface area contributed by atoms with Crippen molar-refractivity contribution >= 4 is 11.8 Å². The Morgan fingerprint density at radius 1 is 1.37 bits per heavy atom. The molecule has 2 heterocycles. The van der Waals surface area contributed by atoms with Crippen LogP contribution in [0.15, 0.2) is 0 Å². The van der Waals surface area contributed by atoms with Gasteiger partial charge in [0, 0.05) is 45.2 Å². The topological polar surface area (TPSA) is 52.7 Å². The number of rotatable bonds is 3. The highest BCUT2D eigenvalue weighted by Crippen LogP contribution is 2.16. The molecule has 108 valence electrons. The van der Waals surface area contributed by atoms with Gasteiger partial charge in [-0.1, -0.05) is 6.92 Å². The molecular weight excluding hydrogens is 242 g/mol. The predicted molar refractivity (Wildman–Crippen MR) is 73.6 cm³/mol. The molecule has 2 aliphatic heterocycles. The summed E-state index contributed by atoms with van der Waals surface area (Å²) >= 11 is 0. The molecule has 2 saturated heterocycles. The average molecular weight is 267 g/mol. The Balaban J connectivity index is 1.80. The summed E-state index contributed by atoms with van der Waals surface area (Å²) in [5.41, 5.74) is 0. The van der Waals surface area contributed by atoms with E-state index in [2.05, 4.69) is 24.1 Å². The summed E-state index contributed by atoms with van der Waals surface area (Å²) in [4.78, 5) is 27.9. The third-order valence-corrected chi connectivity index (χ3v) is 4.45. The second kappa shape index (κ2) is 6.37. The lowest BCUT2D eigenvalue weighted by molar-refractivity contribution is -0.139. The van der Waals surface area contributed by atoms with Crippen LogP contribution in [0.1, 0.15) is 33.1 Å². The Morgan fingerprint density at radius 2 is 2.05 bits per heavy atom. The summed E-state index contributed by atoms with van der Waals surface area (Å²) in [7, 11) is 0. The zero-order chi connectivity index (χ0) is 13.8. The normalized spacial score (nSPS) is 26.9. The zero-order valence-electron chi connectivity index (χ0n) is 12.0. The number of nitrogens with one attached hydrogen (secondary N) is 1. The van der Waals surface area contributed by atoms with E-state index in [9.17, 15) is 9.59 Å². The molecule has 0 saturated carbocycles. The van der Waals surface area contributed by atoms with Crippen LogP contribution in [-0.4, -0.2) is 60.4 Å². The first-order chi connectivity index (χ1) is 9.11. The summed E-state index contributed by atoms with van der Waals surface area (Å²) in [6.45, 7) is 8.56. The summed E-state index contributed by atoms with van der Waals surface area (Å²) < 4.78 is 0. The lowest BCUT2D eigenvalue weighted by Crippen LogP contribution is -2.54. The Labute approximate surface area is 115 Å². The second-order valence-electron chi connectivity index (χ2n) is 5.66. The molecule has 2 rings (SSSR count). The van der Waals surface area contributed by atoms with Crippen LogP contribution in [0.2, 0.25) is 0 Å². The number of amides is 2. The average Bonchev–Trinajstić information content (AvgIpc) is 2.46. The molecule has 0 aliphatic carbocycles. The highest BCUT2D eigenvalue weighted by molar-refractivity contribution is 5.83. The molecule has 1 N–H and O–H groups in total. The highest BCUT2D eigenvalue weighted by Gasteiger charge is 2.30. The second-order valence-corrected chi connectivity index (χ2v) is 5.66. The van der Waals surface area contributed by atoms with Gasteiger partial charge in [0.1, 0.15) is 0 Å². The fourth-order valence-electron chi connectivity index (χ4n) is 2.84.